The average molecular weight is 275 g/mol. The van der Waals surface area contributed by atoms with Crippen LogP contribution in [-0.4, -0.2) is 42.4 Å². The highest BCUT2D eigenvalue weighted by molar-refractivity contribution is 5.37. The Morgan fingerprint density at radius 2 is 1.95 bits per heavy atom. The molecule has 1 unspecified atom stereocenters. The second-order valence-corrected chi connectivity index (χ2v) is 6.03. The Morgan fingerprint density at radius 1 is 1.15 bits per heavy atom. The molecule has 1 fully saturated rings. The van der Waals surface area contributed by atoms with Crippen molar-refractivity contribution < 1.29 is 9.84 Å². The molecular formula is C17H25NO2. The number of para-hydroxylation sites is 1. The Labute approximate surface area is 121 Å². The van der Waals surface area contributed by atoms with Crippen LogP contribution in [0.3, 0.4) is 0 Å². The molecule has 3 rings (SSSR count). The monoisotopic (exact) mass is 275 g/mol. The lowest BCUT2D eigenvalue weighted by Gasteiger charge is -2.34. The van der Waals surface area contributed by atoms with Gasteiger partial charge in [0.1, 0.15) is 5.75 Å². The first-order valence-corrected chi connectivity index (χ1v) is 7.95. The molecule has 110 valence electrons. The zero-order valence-electron chi connectivity index (χ0n) is 12.1. The molecule has 3 nitrogen and oxygen atoms in total. The number of ether oxygens (including phenoxy) is 1. The molecule has 1 saturated carbocycles. The summed E-state index contributed by atoms with van der Waals surface area (Å²) < 4.78 is 5.75. The summed E-state index contributed by atoms with van der Waals surface area (Å²) in [5.74, 6) is 1.60. The zero-order valence-corrected chi connectivity index (χ0v) is 12.1. The molecular weight excluding hydrogens is 250 g/mol. The van der Waals surface area contributed by atoms with E-state index in [1.54, 1.807) is 0 Å². The van der Waals surface area contributed by atoms with Crippen molar-refractivity contribution in [2.24, 2.45) is 0 Å². The lowest BCUT2D eigenvalue weighted by Crippen LogP contribution is -2.39. The molecule has 1 atom stereocenters. The summed E-state index contributed by atoms with van der Waals surface area (Å²) in [6.07, 6.45) is 6.37. The van der Waals surface area contributed by atoms with Crippen LogP contribution in [0.1, 0.15) is 43.6 Å². The van der Waals surface area contributed by atoms with Gasteiger partial charge in [-0.2, -0.15) is 0 Å². The summed E-state index contributed by atoms with van der Waals surface area (Å²) in [5, 5.41) is 9.36. The van der Waals surface area contributed by atoms with E-state index in [-0.39, 0.29) is 6.61 Å². The molecule has 1 aromatic carbocycles. The van der Waals surface area contributed by atoms with Crippen molar-refractivity contribution in [2.45, 2.75) is 44.1 Å². The number of rotatable bonds is 5. The molecule has 1 N–H and O–H groups in total. The van der Waals surface area contributed by atoms with Crippen molar-refractivity contribution >= 4 is 0 Å². The fourth-order valence-corrected chi connectivity index (χ4v) is 3.71. The predicted molar refractivity (Wildman–Crippen MR) is 80.2 cm³/mol. The Hall–Kier alpha value is -1.06. The minimum absolute atomic E-state index is 0.265. The first-order chi connectivity index (χ1) is 9.88. The number of aliphatic hydroxyl groups excluding tert-OH is 1. The second-order valence-electron chi connectivity index (χ2n) is 6.03. The van der Waals surface area contributed by atoms with Gasteiger partial charge in [-0.15, -0.1) is 0 Å². The normalized spacial score (nSPS) is 22.8. The van der Waals surface area contributed by atoms with Crippen LogP contribution in [-0.2, 0) is 0 Å². The van der Waals surface area contributed by atoms with E-state index in [9.17, 15) is 5.11 Å². The van der Waals surface area contributed by atoms with Gasteiger partial charge in [0, 0.05) is 25.0 Å². The van der Waals surface area contributed by atoms with Gasteiger partial charge in [0.2, 0.25) is 0 Å². The van der Waals surface area contributed by atoms with Crippen molar-refractivity contribution in [1.82, 2.24) is 4.90 Å². The maximum atomic E-state index is 9.36. The molecule has 1 aromatic rings. The summed E-state index contributed by atoms with van der Waals surface area (Å²) in [5.41, 5.74) is 1.35. The van der Waals surface area contributed by atoms with E-state index in [1.807, 2.05) is 6.07 Å². The molecule has 2 aliphatic rings. The van der Waals surface area contributed by atoms with Gasteiger partial charge in [0.05, 0.1) is 13.2 Å². The quantitative estimate of drug-likeness (QED) is 0.897. The fraction of sp³-hybridized carbons (Fsp3) is 0.647. The van der Waals surface area contributed by atoms with Gasteiger partial charge in [-0.05, 0) is 30.9 Å². The molecule has 1 aliphatic heterocycles. The molecule has 0 bridgehead atoms. The predicted octanol–water partition coefficient (Wildman–Crippen LogP) is 2.79. The Balaban J connectivity index is 1.72. The van der Waals surface area contributed by atoms with E-state index in [0.29, 0.717) is 12.0 Å². The second kappa shape index (κ2) is 6.59. The van der Waals surface area contributed by atoms with E-state index < -0.39 is 0 Å². The van der Waals surface area contributed by atoms with Crippen LogP contribution in [0.4, 0.5) is 0 Å². The maximum Gasteiger partial charge on any atom is 0.122 e. The Kier molecular flexibility index (Phi) is 4.58. The van der Waals surface area contributed by atoms with Crippen molar-refractivity contribution in [3.05, 3.63) is 29.8 Å². The number of nitrogens with zero attached hydrogens (tertiary/aromatic N) is 1. The third-order valence-corrected chi connectivity index (χ3v) is 4.77. The molecule has 0 aromatic heterocycles. The average Bonchev–Trinajstić information content (AvgIpc) is 3.01. The minimum Gasteiger partial charge on any atom is -0.493 e. The van der Waals surface area contributed by atoms with Crippen molar-refractivity contribution in [3.63, 3.8) is 0 Å². The van der Waals surface area contributed by atoms with Gasteiger partial charge < -0.3 is 9.84 Å². The van der Waals surface area contributed by atoms with Crippen LogP contribution >= 0.6 is 0 Å². The smallest absolute Gasteiger partial charge is 0.122 e. The molecule has 0 amide bonds. The molecule has 0 saturated heterocycles. The van der Waals surface area contributed by atoms with E-state index >= 15 is 0 Å². The summed E-state index contributed by atoms with van der Waals surface area (Å²) in [7, 11) is 0. The van der Waals surface area contributed by atoms with Crippen LogP contribution < -0.4 is 4.74 Å². The van der Waals surface area contributed by atoms with Gasteiger partial charge in [0.15, 0.2) is 0 Å². The molecule has 0 radical (unpaired) electrons. The van der Waals surface area contributed by atoms with Gasteiger partial charge in [-0.25, -0.2) is 0 Å². The fourth-order valence-electron chi connectivity index (χ4n) is 3.71. The molecule has 1 heterocycles. The largest absolute Gasteiger partial charge is 0.493 e. The summed E-state index contributed by atoms with van der Waals surface area (Å²) in [6, 6.07) is 9.10. The van der Waals surface area contributed by atoms with Crippen LogP contribution in [0, 0.1) is 0 Å². The Bertz CT molecular complexity index is 429. The van der Waals surface area contributed by atoms with Crippen molar-refractivity contribution in [1.29, 1.82) is 0 Å². The maximum absolute atomic E-state index is 9.36. The lowest BCUT2D eigenvalue weighted by atomic mass is 9.92. The standard InChI is InChI=1S/C17H25NO2/c19-11-10-18(15-5-1-2-6-15)13-14-9-12-20-17-8-4-3-7-16(14)17/h3-4,7-8,14-15,19H,1-2,5-6,9-13H2. The summed E-state index contributed by atoms with van der Waals surface area (Å²) >= 11 is 0. The summed E-state index contributed by atoms with van der Waals surface area (Å²) in [6.45, 7) is 2.95. The number of fused-ring (bicyclic) bond motifs is 1. The van der Waals surface area contributed by atoms with Crippen LogP contribution in [0.25, 0.3) is 0 Å². The first kappa shape index (κ1) is 13.9. The SMILES string of the molecule is OCCN(CC1CCOc2ccccc21)C1CCCC1. The molecule has 3 heteroatoms. The highest BCUT2D eigenvalue weighted by Crippen LogP contribution is 2.35. The first-order valence-electron chi connectivity index (χ1n) is 7.95. The van der Waals surface area contributed by atoms with Crippen molar-refractivity contribution in [3.8, 4) is 5.75 Å². The van der Waals surface area contributed by atoms with Crippen molar-refractivity contribution in [2.75, 3.05) is 26.3 Å². The van der Waals surface area contributed by atoms with Gasteiger partial charge in [0.25, 0.3) is 0 Å². The van der Waals surface area contributed by atoms with Gasteiger partial charge in [-0.3, -0.25) is 4.90 Å². The highest BCUT2D eigenvalue weighted by atomic mass is 16.5. The van der Waals surface area contributed by atoms with Crippen LogP contribution in [0.2, 0.25) is 0 Å². The van der Waals surface area contributed by atoms with Gasteiger partial charge >= 0.3 is 0 Å². The topological polar surface area (TPSA) is 32.7 Å². The third kappa shape index (κ3) is 2.99. The number of hydrogen-bond donors (Lipinski definition) is 1. The molecule has 0 spiro atoms. The van der Waals surface area contributed by atoms with E-state index in [4.69, 9.17) is 4.74 Å². The highest BCUT2D eigenvalue weighted by Gasteiger charge is 2.28. The van der Waals surface area contributed by atoms with E-state index in [2.05, 4.69) is 23.1 Å². The number of aliphatic hydroxyl groups is 1. The lowest BCUT2D eigenvalue weighted by molar-refractivity contribution is 0.133. The Morgan fingerprint density at radius 3 is 2.75 bits per heavy atom. The third-order valence-electron chi connectivity index (χ3n) is 4.77. The zero-order chi connectivity index (χ0) is 13.8. The summed E-state index contributed by atoms with van der Waals surface area (Å²) in [4.78, 5) is 2.51. The minimum atomic E-state index is 0.265. The number of benzene rings is 1. The molecule has 20 heavy (non-hydrogen) atoms. The van der Waals surface area contributed by atoms with E-state index in [0.717, 1.165) is 31.9 Å². The van der Waals surface area contributed by atoms with Crippen LogP contribution in [0.5, 0.6) is 5.75 Å². The molecule has 1 aliphatic carbocycles. The van der Waals surface area contributed by atoms with Crippen LogP contribution in [0.15, 0.2) is 24.3 Å². The number of hydrogen-bond acceptors (Lipinski definition) is 3. The van der Waals surface area contributed by atoms with E-state index in [1.165, 1.54) is 31.2 Å². The van der Waals surface area contributed by atoms with Gasteiger partial charge in [-0.1, -0.05) is 31.0 Å².